The molecule has 2 aromatic rings. The lowest BCUT2D eigenvalue weighted by molar-refractivity contribution is 0.436. The summed E-state index contributed by atoms with van der Waals surface area (Å²) >= 11 is 11.8. The van der Waals surface area contributed by atoms with E-state index >= 15 is 0 Å². The van der Waals surface area contributed by atoms with E-state index in [1.165, 1.54) is 6.07 Å². The Morgan fingerprint density at radius 1 is 1.17 bits per heavy atom. The van der Waals surface area contributed by atoms with Gasteiger partial charge in [0.1, 0.15) is 11.6 Å². The molecule has 3 rings (SSSR count). The number of hydrogen-bond acceptors (Lipinski definition) is 1. The van der Waals surface area contributed by atoms with Crippen LogP contribution in [0, 0.1) is 12.4 Å². The molecule has 0 saturated carbocycles. The van der Waals surface area contributed by atoms with Crippen LogP contribution in [0.2, 0.25) is 10.0 Å². The highest BCUT2D eigenvalue weighted by Gasteiger charge is 2.20. The molecule has 1 nitrogen and oxygen atoms in total. The third-order valence-corrected chi connectivity index (χ3v) is 3.31. The van der Waals surface area contributed by atoms with Crippen molar-refractivity contribution in [3.63, 3.8) is 0 Å². The summed E-state index contributed by atoms with van der Waals surface area (Å²) in [5, 5.41) is 0.684. The van der Waals surface area contributed by atoms with Crippen LogP contribution >= 0.6 is 23.2 Å². The Hall–Kier alpha value is -1.25. The van der Waals surface area contributed by atoms with Crippen molar-refractivity contribution in [1.29, 1.82) is 0 Å². The van der Waals surface area contributed by atoms with E-state index in [2.05, 4.69) is 6.61 Å². The second kappa shape index (κ2) is 4.45. The Bertz CT molecular complexity index is 625. The van der Waals surface area contributed by atoms with Crippen molar-refractivity contribution >= 4 is 23.2 Å². The summed E-state index contributed by atoms with van der Waals surface area (Å²) in [5.74, 6) is 0.264. The predicted molar refractivity (Wildman–Crippen MR) is 69.4 cm³/mol. The zero-order valence-corrected chi connectivity index (χ0v) is 10.6. The normalized spacial score (nSPS) is 13.3. The Labute approximate surface area is 114 Å². The standard InChI is InChI=1S/C14H7Cl2FO/c15-10-5-9-3-4-18-14(9)11(7-10)8-1-2-13(17)12(16)6-8/h1-2,5-7H,3H2. The van der Waals surface area contributed by atoms with Crippen LogP contribution in [0.5, 0.6) is 5.75 Å². The maximum absolute atomic E-state index is 13.2. The van der Waals surface area contributed by atoms with Gasteiger partial charge in [0.05, 0.1) is 5.02 Å². The van der Waals surface area contributed by atoms with Gasteiger partial charge in [-0.15, -0.1) is 0 Å². The zero-order valence-electron chi connectivity index (χ0n) is 9.14. The van der Waals surface area contributed by atoms with E-state index in [1.54, 1.807) is 18.2 Å². The average molecular weight is 281 g/mol. The van der Waals surface area contributed by atoms with Gasteiger partial charge >= 0.3 is 0 Å². The minimum atomic E-state index is -0.446. The number of ether oxygens (including phenoxy) is 1. The lowest BCUT2D eigenvalue weighted by Crippen LogP contribution is -1.87. The maximum atomic E-state index is 13.2. The molecule has 4 heteroatoms. The predicted octanol–water partition coefficient (Wildman–Crippen LogP) is 4.77. The zero-order chi connectivity index (χ0) is 12.7. The highest BCUT2D eigenvalue weighted by Crippen LogP contribution is 2.41. The fraction of sp³-hybridized carbons (Fsp3) is 0.0714. The van der Waals surface area contributed by atoms with Crippen LogP contribution in [-0.4, -0.2) is 0 Å². The van der Waals surface area contributed by atoms with Gasteiger partial charge in [0.2, 0.25) is 6.61 Å². The monoisotopic (exact) mass is 280 g/mol. The molecule has 0 spiro atoms. The number of benzene rings is 2. The first kappa shape index (κ1) is 11.8. The van der Waals surface area contributed by atoms with E-state index in [0.29, 0.717) is 17.2 Å². The highest BCUT2D eigenvalue weighted by atomic mass is 35.5. The molecular weight excluding hydrogens is 274 g/mol. The summed E-state index contributed by atoms with van der Waals surface area (Å²) in [4.78, 5) is 0. The third kappa shape index (κ3) is 1.96. The van der Waals surface area contributed by atoms with E-state index in [9.17, 15) is 4.39 Å². The number of halogens is 3. The first-order chi connectivity index (χ1) is 8.65. The molecule has 2 aromatic carbocycles. The van der Waals surface area contributed by atoms with Gasteiger partial charge in [-0.05, 0) is 29.8 Å². The molecule has 90 valence electrons. The van der Waals surface area contributed by atoms with Gasteiger partial charge in [-0.25, -0.2) is 4.39 Å². The van der Waals surface area contributed by atoms with Gasteiger partial charge in [0, 0.05) is 22.6 Å². The first-order valence-electron chi connectivity index (χ1n) is 5.33. The molecule has 0 bridgehead atoms. The minimum absolute atomic E-state index is 0.0761. The van der Waals surface area contributed by atoms with Crippen LogP contribution in [0.3, 0.4) is 0 Å². The Morgan fingerprint density at radius 2 is 2.00 bits per heavy atom. The molecule has 1 aliphatic rings. The van der Waals surface area contributed by atoms with Crippen molar-refractivity contribution in [3.05, 3.63) is 58.4 Å². The molecule has 0 unspecified atom stereocenters. The van der Waals surface area contributed by atoms with Gasteiger partial charge in [-0.1, -0.05) is 29.3 Å². The maximum Gasteiger partial charge on any atom is 0.201 e. The summed E-state index contributed by atoms with van der Waals surface area (Å²) in [7, 11) is 0. The number of fused-ring (bicyclic) bond motifs is 1. The molecule has 0 fully saturated rings. The highest BCUT2D eigenvalue weighted by molar-refractivity contribution is 6.31. The van der Waals surface area contributed by atoms with Crippen LogP contribution < -0.4 is 4.74 Å². The van der Waals surface area contributed by atoms with E-state index in [0.717, 1.165) is 16.7 Å². The van der Waals surface area contributed by atoms with E-state index in [4.69, 9.17) is 27.9 Å². The fourth-order valence-corrected chi connectivity index (χ4v) is 2.39. The molecule has 0 amide bonds. The Kier molecular flexibility index (Phi) is 2.92. The van der Waals surface area contributed by atoms with Gasteiger partial charge in [0.25, 0.3) is 0 Å². The molecule has 0 aromatic heterocycles. The number of rotatable bonds is 1. The van der Waals surface area contributed by atoms with Gasteiger partial charge in [-0.3, -0.25) is 0 Å². The molecule has 0 saturated heterocycles. The summed E-state index contributed by atoms with van der Waals surface area (Å²) in [6, 6.07) is 8.15. The van der Waals surface area contributed by atoms with Crippen molar-refractivity contribution in [1.82, 2.24) is 0 Å². The molecule has 0 N–H and O–H groups in total. The second-order valence-corrected chi connectivity index (χ2v) is 4.84. The lowest BCUT2D eigenvalue weighted by Gasteiger charge is -2.09. The molecule has 1 heterocycles. The van der Waals surface area contributed by atoms with Gasteiger partial charge in [-0.2, -0.15) is 0 Å². The molecular formula is C14H7Cl2FO. The lowest BCUT2D eigenvalue weighted by atomic mass is 10.0. The summed E-state index contributed by atoms with van der Waals surface area (Å²) in [5.41, 5.74) is 2.53. The molecule has 1 aliphatic heterocycles. The van der Waals surface area contributed by atoms with Crippen LogP contribution in [0.4, 0.5) is 4.39 Å². The van der Waals surface area contributed by atoms with Crippen molar-refractivity contribution in [2.75, 3.05) is 0 Å². The summed E-state index contributed by atoms with van der Waals surface area (Å²) in [6.45, 7) is 2.79. The first-order valence-corrected chi connectivity index (χ1v) is 6.08. The van der Waals surface area contributed by atoms with Crippen LogP contribution in [0.15, 0.2) is 30.3 Å². The largest absolute Gasteiger partial charge is 0.477 e. The molecule has 2 radical (unpaired) electrons. The van der Waals surface area contributed by atoms with E-state index in [1.807, 2.05) is 6.07 Å². The molecule has 18 heavy (non-hydrogen) atoms. The molecule has 0 aliphatic carbocycles. The van der Waals surface area contributed by atoms with Gasteiger partial charge in [0.15, 0.2) is 0 Å². The second-order valence-electron chi connectivity index (χ2n) is 3.99. The van der Waals surface area contributed by atoms with Crippen molar-refractivity contribution < 1.29 is 9.13 Å². The summed E-state index contributed by atoms with van der Waals surface area (Å²) < 4.78 is 18.5. The molecule has 0 atom stereocenters. The van der Waals surface area contributed by atoms with E-state index in [-0.39, 0.29) is 5.02 Å². The average Bonchev–Trinajstić information content (AvgIpc) is 2.79. The van der Waals surface area contributed by atoms with Gasteiger partial charge < -0.3 is 4.74 Å². The smallest absolute Gasteiger partial charge is 0.201 e. The summed E-state index contributed by atoms with van der Waals surface area (Å²) in [6.07, 6.45) is 0.595. The third-order valence-electron chi connectivity index (χ3n) is 2.80. The SMILES string of the molecule is Fc1ccc(-c2cc(Cl)cc3c2O[C]C3)cc1Cl. The van der Waals surface area contributed by atoms with Crippen molar-refractivity contribution in [2.24, 2.45) is 0 Å². The Balaban J connectivity index is 2.19. The van der Waals surface area contributed by atoms with Crippen LogP contribution in [0.1, 0.15) is 5.56 Å². The Morgan fingerprint density at radius 3 is 2.78 bits per heavy atom. The van der Waals surface area contributed by atoms with Crippen LogP contribution in [0.25, 0.3) is 11.1 Å². The van der Waals surface area contributed by atoms with Crippen molar-refractivity contribution in [2.45, 2.75) is 6.42 Å². The number of hydrogen-bond donors (Lipinski definition) is 0. The van der Waals surface area contributed by atoms with Crippen molar-refractivity contribution in [3.8, 4) is 16.9 Å². The topological polar surface area (TPSA) is 9.23 Å². The minimum Gasteiger partial charge on any atom is -0.477 e. The van der Waals surface area contributed by atoms with E-state index < -0.39 is 5.82 Å². The quantitative estimate of drug-likeness (QED) is 0.731. The van der Waals surface area contributed by atoms with Crippen LogP contribution in [-0.2, 0) is 6.42 Å². The fourth-order valence-electron chi connectivity index (χ4n) is 1.97.